The molecule has 0 N–H and O–H groups in total. The van der Waals surface area contributed by atoms with Crippen LogP contribution >= 0.6 is 15.9 Å². The van der Waals surface area contributed by atoms with Gasteiger partial charge in [-0.05, 0) is 25.1 Å². The van der Waals surface area contributed by atoms with Crippen molar-refractivity contribution in [2.45, 2.75) is 33.1 Å². The molecule has 0 aromatic heterocycles. The van der Waals surface area contributed by atoms with Crippen LogP contribution < -0.4 is 0 Å². The molecule has 0 nitrogen and oxygen atoms in total. The van der Waals surface area contributed by atoms with Crippen LogP contribution in [0.2, 0.25) is 0 Å². The van der Waals surface area contributed by atoms with Crippen molar-refractivity contribution in [2.24, 2.45) is 0 Å². The van der Waals surface area contributed by atoms with E-state index in [2.05, 4.69) is 28.1 Å². The summed E-state index contributed by atoms with van der Waals surface area (Å²) in [6, 6.07) is 0. The molecule has 0 aromatic rings. The second kappa shape index (κ2) is 15.7. The van der Waals surface area contributed by atoms with Crippen LogP contribution in [-0.2, 0) is 0 Å². The van der Waals surface area contributed by atoms with Crippen molar-refractivity contribution in [3.8, 4) is 0 Å². The van der Waals surface area contributed by atoms with Gasteiger partial charge in [0.2, 0.25) is 0 Å². The fourth-order valence-electron chi connectivity index (χ4n) is 0.589. The molecule has 0 saturated carbocycles. The molecule has 1 heteroatoms. The van der Waals surface area contributed by atoms with Crippen molar-refractivity contribution in [3.05, 3.63) is 12.2 Å². The molecule has 56 valence electrons. The zero-order valence-electron chi connectivity index (χ0n) is 6.65. The monoisotopic (exact) mass is 192 g/mol. The first kappa shape index (κ1) is 12.0. The molecule has 0 unspecified atom stereocenters. The van der Waals surface area contributed by atoms with Crippen LogP contribution in [-0.4, -0.2) is 5.83 Å². The number of hydrogen-bond donors (Lipinski definition) is 0. The van der Waals surface area contributed by atoms with Crippen LogP contribution in [0.3, 0.4) is 0 Å². The first-order chi connectivity index (χ1) is 4.50. The Labute approximate surface area is 67.5 Å². The molecule has 0 aliphatic heterocycles. The highest BCUT2D eigenvalue weighted by Crippen LogP contribution is 2.05. The summed E-state index contributed by atoms with van der Waals surface area (Å²) in [7, 11) is 0. The van der Waals surface area contributed by atoms with E-state index in [0.717, 1.165) is 0 Å². The predicted octanol–water partition coefficient (Wildman–Crippen LogP) is 3.76. The fourth-order valence-corrected chi connectivity index (χ4v) is 0.589. The minimum Gasteiger partial charge on any atom is -0.0966 e. The highest BCUT2D eigenvalue weighted by molar-refractivity contribution is 9.08. The lowest BCUT2D eigenvalue weighted by molar-refractivity contribution is 0.929. The topological polar surface area (TPSA) is 0 Å². The van der Waals surface area contributed by atoms with Crippen molar-refractivity contribution in [2.75, 3.05) is 5.83 Å². The summed E-state index contributed by atoms with van der Waals surface area (Å²) in [5, 5.41) is 0. The molecule has 1 rings (SSSR count). The van der Waals surface area contributed by atoms with E-state index in [1.165, 1.54) is 19.3 Å². The minimum atomic E-state index is 1.32. The Balaban J connectivity index is 0. The van der Waals surface area contributed by atoms with Gasteiger partial charge in [-0.25, -0.2) is 0 Å². The minimum absolute atomic E-state index is 1.32. The van der Waals surface area contributed by atoms with E-state index in [9.17, 15) is 0 Å². The van der Waals surface area contributed by atoms with Gasteiger partial charge in [-0.2, -0.15) is 0 Å². The summed E-state index contributed by atoms with van der Waals surface area (Å²) in [5.41, 5.74) is 0. The van der Waals surface area contributed by atoms with Gasteiger partial charge in [-0.3, -0.25) is 0 Å². The summed E-state index contributed by atoms with van der Waals surface area (Å²) >= 11 is 2.94. The maximum atomic E-state index is 2.94. The average molecular weight is 193 g/mol. The number of alkyl halides is 1. The molecule has 1 aliphatic rings. The van der Waals surface area contributed by atoms with E-state index in [1.54, 1.807) is 0 Å². The van der Waals surface area contributed by atoms with Crippen molar-refractivity contribution < 1.29 is 0 Å². The molecule has 1 aliphatic carbocycles. The van der Waals surface area contributed by atoms with Crippen molar-refractivity contribution in [1.29, 1.82) is 0 Å². The molecule has 0 amide bonds. The molecule has 0 radical (unpaired) electrons. The predicted molar refractivity (Wildman–Crippen MR) is 49.2 cm³/mol. The van der Waals surface area contributed by atoms with E-state index in [1.807, 2.05) is 19.7 Å². The molecular formula is C8H17Br. The van der Waals surface area contributed by atoms with E-state index >= 15 is 0 Å². The molecule has 0 heterocycles. The zero-order chi connectivity index (χ0) is 7.54. The van der Waals surface area contributed by atoms with Crippen molar-refractivity contribution >= 4 is 15.9 Å². The van der Waals surface area contributed by atoms with Crippen LogP contribution in [0, 0.1) is 0 Å². The lowest BCUT2D eigenvalue weighted by Crippen LogP contribution is -1.50. The standard InChI is InChI=1S/C5H8.C2H6.CH3Br/c1-2-4-5-3-1;2*1-2/h1-2H,3-5H2;1-2H3;1H3. The molecule has 0 atom stereocenters. The molecule has 0 spiro atoms. The first-order valence-corrected chi connectivity index (χ1v) is 5.11. The van der Waals surface area contributed by atoms with Gasteiger partial charge in [0.1, 0.15) is 0 Å². The maximum Gasteiger partial charge on any atom is -0.00848 e. The van der Waals surface area contributed by atoms with Gasteiger partial charge in [0, 0.05) is 0 Å². The summed E-state index contributed by atoms with van der Waals surface area (Å²) in [6.07, 6.45) is 8.50. The summed E-state index contributed by atoms with van der Waals surface area (Å²) in [4.78, 5) is 0. The normalized spacial score (nSPS) is 12.9. The van der Waals surface area contributed by atoms with Gasteiger partial charge in [-0.1, -0.05) is 41.9 Å². The number of halogens is 1. The number of allylic oxidation sites excluding steroid dienone is 2. The van der Waals surface area contributed by atoms with Crippen LogP contribution in [0.5, 0.6) is 0 Å². The van der Waals surface area contributed by atoms with Gasteiger partial charge in [-0.15, -0.1) is 0 Å². The number of rotatable bonds is 0. The van der Waals surface area contributed by atoms with Crippen LogP contribution in [0.25, 0.3) is 0 Å². The van der Waals surface area contributed by atoms with E-state index < -0.39 is 0 Å². The second-order valence-electron chi connectivity index (χ2n) is 1.40. The van der Waals surface area contributed by atoms with Gasteiger partial charge < -0.3 is 0 Å². The van der Waals surface area contributed by atoms with Crippen LogP contribution in [0.15, 0.2) is 12.2 Å². The Hall–Kier alpha value is 0.220. The lowest BCUT2D eigenvalue weighted by atomic mass is 10.4. The molecule has 0 aromatic carbocycles. The SMILES string of the molecule is C1=CCCC1.CBr.CC. The van der Waals surface area contributed by atoms with E-state index in [0.29, 0.717) is 0 Å². The van der Waals surface area contributed by atoms with Gasteiger partial charge in [0.25, 0.3) is 0 Å². The number of hydrogen-bond acceptors (Lipinski definition) is 0. The van der Waals surface area contributed by atoms with Crippen LogP contribution in [0.4, 0.5) is 0 Å². The van der Waals surface area contributed by atoms with Crippen molar-refractivity contribution in [1.82, 2.24) is 0 Å². The molecule has 0 fully saturated rings. The molecule has 9 heavy (non-hydrogen) atoms. The highest BCUT2D eigenvalue weighted by Gasteiger charge is 1.84. The van der Waals surface area contributed by atoms with Gasteiger partial charge in [0.15, 0.2) is 0 Å². The largest absolute Gasteiger partial charge is 0.0966 e. The Bertz CT molecular complexity index is 42.5. The Kier molecular flexibility index (Phi) is 20.9. The fraction of sp³-hybridized carbons (Fsp3) is 0.750. The quantitative estimate of drug-likeness (QED) is 0.405. The summed E-state index contributed by atoms with van der Waals surface area (Å²) in [6.45, 7) is 4.00. The zero-order valence-corrected chi connectivity index (χ0v) is 8.24. The Morgan fingerprint density at radius 2 is 1.33 bits per heavy atom. The highest BCUT2D eigenvalue weighted by atomic mass is 79.9. The third-order valence-corrected chi connectivity index (χ3v) is 0.908. The maximum absolute atomic E-state index is 2.94. The van der Waals surface area contributed by atoms with Crippen molar-refractivity contribution in [3.63, 3.8) is 0 Å². The molecular weight excluding hydrogens is 176 g/mol. The average Bonchev–Trinajstić information content (AvgIpc) is 2.51. The van der Waals surface area contributed by atoms with Gasteiger partial charge >= 0.3 is 0 Å². The summed E-state index contributed by atoms with van der Waals surface area (Å²) < 4.78 is 0. The van der Waals surface area contributed by atoms with Crippen LogP contribution in [0.1, 0.15) is 33.1 Å². The second-order valence-corrected chi connectivity index (χ2v) is 1.40. The molecule has 0 saturated heterocycles. The van der Waals surface area contributed by atoms with E-state index in [-0.39, 0.29) is 0 Å². The van der Waals surface area contributed by atoms with E-state index in [4.69, 9.17) is 0 Å². The Morgan fingerprint density at radius 1 is 1.00 bits per heavy atom. The van der Waals surface area contributed by atoms with Gasteiger partial charge in [0.05, 0.1) is 0 Å². The third-order valence-electron chi connectivity index (χ3n) is 0.908. The summed E-state index contributed by atoms with van der Waals surface area (Å²) in [5.74, 6) is 1.81. The molecule has 0 bridgehead atoms. The third kappa shape index (κ3) is 11.7. The Morgan fingerprint density at radius 3 is 1.44 bits per heavy atom. The smallest absolute Gasteiger partial charge is 0.00848 e. The first-order valence-electron chi connectivity index (χ1n) is 3.53. The lowest BCUT2D eigenvalue weighted by Gasteiger charge is -1.69.